The number of nitrogens with zero attached hydrogens (tertiary/aromatic N) is 1. The Balaban J connectivity index is 2.72. The molecular weight excluding hydrogens is 246 g/mol. The maximum absolute atomic E-state index is 11.9. The van der Waals surface area contributed by atoms with Gasteiger partial charge in [-0.05, 0) is 12.1 Å². The van der Waals surface area contributed by atoms with Gasteiger partial charge in [0.1, 0.15) is 6.54 Å². The van der Waals surface area contributed by atoms with E-state index in [9.17, 15) is 9.59 Å². The molecule has 0 amide bonds. The van der Waals surface area contributed by atoms with Gasteiger partial charge in [0, 0.05) is 0 Å². The normalized spacial score (nSPS) is 12.8. The predicted octanol–water partition coefficient (Wildman–Crippen LogP) is 1.39. The molecule has 0 fully saturated rings. The molecule has 0 bridgehead atoms. The fraction of sp³-hybridized carbons (Fsp3) is 0.429. The first-order valence-electron chi connectivity index (χ1n) is 6.06. The maximum atomic E-state index is 11.9. The Bertz CT molecular complexity index is 437. The summed E-state index contributed by atoms with van der Waals surface area (Å²) in [7, 11) is 5.77. The molecule has 1 atom stereocenters. The van der Waals surface area contributed by atoms with E-state index >= 15 is 0 Å². The summed E-state index contributed by atoms with van der Waals surface area (Å²) in [5.74, 6) is -1.46. The van der Waals surface area contributed by atoms with Crippen LogP contribution < -0.4 is 0 Å². The van der Waals surface area contributed by atoms with Crippen molar-refractivity contribution in [3.8, 4) is 0 Å². The van der Waals surface area contributed by atoms with E-state index in [4.69, 9.17) is 9.84 Å². The average molecular weight is 266 g/mol. The molecule has 1 aromatic carbocycles. The van der Waals surface area contributed by atoms with Crippen molar-refractivity contribution in [3.63, 3.8) is 0 Å². The zero-order chi connectivity index (χ0) is 14.5. The van der Waals surface area contributed by atoms with Gasteiger partial charge in [0.05, 0.1) is 33.1 Å². The van der Waals surface area contributed by atoms with Crippen molar-refractivity contribution in [3.05, 3.63) is 35.9 Å². The monoisotopic (exact) mass is 266 g/mol. The van der Waals surface area contributed by atoms with Gasteiger partial charge in [0.25, 0.3) is 0 Å². The number of rotatable bonds is 6. The van der Waals surface area contributed by atoms with Gasteiger partial charge in [0.2, 0.25) is 0 Å². The van der Waals surface area contributed by atoms with Crippen molar-refractivity contribution in [2.24, 2.45) is 0 Å². The van der Waals surface area contributed by atoms with Crippen LogP contribution >= 0.6 is 0 Å². The van der Waals surface area contributed by atoms with E-state index < -0.39 is 18.0 Å². The zero-order valence-electron chi connectivity index (χ0n) is 11.5. The molecule has 0 radical (unpaired) electrons. The van der Waals surface area contributed by atoms with Gasteiger partial charge in [-0.15, -0.1) is 0 Å². The SMILES string of the molecule is C[N+](C)(C)CC(CC(=O)O)OC(=O)c1ccccc1. The van der Waals surface area contributed by atoms with Crippen molar-refractivity contribution < 1.29 is 23.9 Å². The van der Waals surface area contributed by atoms with Crippen molar-refractivity contribution in [1.82, 2.24) is 0 Å². The van der Waals surface area contributed by atoms with Crippen LogP contribution in [0.5, 0.6) is 0 Å². The first-order valence-corrected chi connectivity index (χ1v) is 6.06. The topological polar surface area (TPSA) is 63.6 Å². The molecule has 1 N–H and O–H groups in total. The number of benzene rings is 1. The molecule has 5 heteroatoms. The predicted molar refractivity (Wildman–Crippen MR) is 70.8 cm³/mol. The Labute approximate surface area is 113 Å². The van der Waals surface area contributed by atoms with Crippen molar-refractivity contribution in [2.45, 2.75) is 12.5 Å². The first kappa shape index (κ1) is 15.2. The lowest BCUT2D eigenvalue weighted by Gasteiger charge is -2.28. The van der Waals surface area contributed by atoms with Crippen LogP contribution in [0.1, 0.15) is 16.8 Å². The minimum Gasteiger partial charge on any atom is -0.481 e. The lowest BCUT2D eigenvalue weighted by atomic mass is 10.2. The zero-order valence-corrected chi connectivity index (χ0v) is 11.5. The van der Waals surface area contributed by atoms with Gasteiger partial charge in [-0.25, -0.2) is 4.79 Å². The second-order valence-corrected chi connectivity index (χ2v) is 5.46. The molecular formula is C14H20NO4+. The average Bonchev–Trinajstić information content (AvgIpc) is 2.26. The Morgan fingerprint density at radius 2 is 1.79 bits per heavy atom. The summed E-state index contributed by atoms with van der Waals surface area (Å²) >= 11 is 0. The number of esters is 1. The van der Waals surface area contributed by atoms with E-state index in [1.165, 1.54) is 0 Å². The standard InChI is InChI=1S/C14H19NO4/c1-15(2,3)10-12(9-13(16)17)19-14(18)11-7-5-4-6-8-11/h4-8,12H,9-10H2,1-3H3/p+1. The summed E-state index contributed by atoms with van der Waals surface area (Å²) in [6, 6.07) is 8.57. The third kappa shape index (κ3) is 6.01. The number of carbonyl (C=O) groups is 2. The van der Waals surface area contributed by atoms with E-state index in [-0.39, 0.29) is 6.42 Å². The minimum absolute atomic E-state index is 0.186. The number of hydrogen-bond donors (Lipinski definition) is 1. The van der Waals surface area contributed by atoms with Crippen molar-refractivity contribution >= 4 is 11.9 Å². The number of carboxylic acid groups (broad SMARTS) is 1. The van der Waals surface area contributed by atoms with Crippen molar-refractivity contribution in [1.29, 1.82) is 0 Å². The highest BCUT2D eigenvalue weighted by Gasteiger charge is 2.25. The van der Waals surface area contributed by atoms with Gasteiger partial charge in [-0.2, -0.15) is 0 Å². The van der Waals surface area contributed by atoms with E-state index in [0.29, 0.717) is 16.6 Å². The molecule has 0 aliphatic heterocycles. The molecule has 1 aromatic rings. The van der Waals surface area contributed by atoms with Gasteiger partial charge in [-0.1, -0.05) is 18.2 Å². The van der Waals surface area contributed by atoms with Gasteiger partial charge >= 0.3 is 11.9 Å². The minimum atomic E-state index is -0.973. The van der Waals surface area contributed by atoms with Crippen LogP contribution in [0.3, 0.4) is 0 Å². The molecule has 0 aliphatic carbocycles. The Hall–Kier alpha value is -1.88. The molecule has 0 heterocycles. The molecule has 0 saturated carbocycles. The summed E-state index contributed by atoms with van der Waals surface area (Å²) in [6.45, 7) is 0.449. The quantitative estimate of drug-likeness (QED) is 0.624. The number of ether oxygens (including phenoxy) is 1. The maximum Gasteiger partial charge on any atom is 0.338 e. The Morgan fingerprint density at radius 1 is 1.21 bits per heavy atom. The smallest absolute Gasteiger partial charge is 0.338 e. The molecule has 1 unspecified atom stereocenters. The Morgan fingerprint density at radius 3 is 2.26 bits per heavy atom. The number of hydrogen-bond acceptors (Lipinski definition) is 3. The second kappa shape index (κ2) is 6.33. The van der Waals surface area contributed by atoms with E-state index in [1.54, 1.807) is 30.3 Å². The van der Waals surface area contributed by atoms with Crippen LogP contribution in [0.2, 0.25) is 0 Å². The summed E-state index contributed by atoms with van der Waals surface area (Å²) in [5.41, 5.74) is 0.430. The summed E-state index contributed by atoms with van der Waals surface area (Å²) in [4.78, 5) is 22.7. The van der Waals surface area contributed by atoms with Crippen LogP contribution in [0, 0.1) is 0 Å². The summed E-state index contributed by atoms with van der Waals surface area (Å²) < 4.78 is 5.82. The highest BCUT2D eigenvalue weighted by atomic mass is 16.5. The van der Waals surface area contributed by atoms with Crippen LogP contribution in [0.25, 0.3) is 0 Å². The number of likely N-dealkylation sites (N-methyl/N-ethyl adjacent to an activating group) is 1. The molecule has 0 aliphatic rings. The number of quaternary nitrogens is 1. The highest BCUT2D eigenvalue weighted by molar-refractivity contribution is 5.89. The Kier molecular flexibility index (Phi) is 5.06. The highest BCUT2D eigenvalue weighted by Crippen LogP contribution is 2.09. The second-order valence-electron chi connectivity index (χ2n) is 5.46. The summed E-state index contributed by atoms with van der Waals surface area (Å²) in [5, 5.41) is 8.87. The van der Waals surface area contributed by atoms with Crippen LogP contribution in [0.4, 0.5) is 0 Å². The molecule has 104 valence electrons. The van der Waals surface area contributed by atoms with Gasteiger partial charge in [0.15, 0.2) is 6.10 Å². The molecule has 0 aromatic heterocycles. The number of carboxylic acids is 1. The molecule has 5 nitrogen and oxygen atoms in total. The number of carbonyl (C=O) groups excluding carboxylic acids is 1. The van der Waals surface area contributed by atoms with Crippen LogP contribution in [-0.4, -0.2) is 55.3 Å². The molecule has 19 heavy (non-hydrogen) atoms. The van der Waals surface area contributed by atoms with Crippen LogP contribution in [-0.2, 0) is 9.53 Å². The van der Waals surface area contributed by atoms with Gasteiger partial charge in [-0.3, -0.25) is 4.79 Å². The largest absolute Gasteiger partial charge is 0.481 e. The lowest BCUT2D eigenvalue weighted by molar-refractivity contribution is -0.873. The fourth-order valence-electron chi connectivity index (χ4n) is 1.74. The third-order valence-electron chi connectivity index (χ3n) is 2.44. The molecule has 1 rings (SSSR count). The first-order chi connectivity index (χ1) is 8.78. The van der Waals surface area contributed by atoms with E-state index in [1.807, 2.05) is 21.1 Å². The van der Waals surface area contributed by atoms with Gasteiger partial charge < -0.3 is 14.3 Å². The molecule has 0 spiro atoms. The van der Waals surface area contributed by atoms with Crippen LogP contribution in [0.15, 0.2) is 30.3 Å². The summed E-state index contributed by atoms with van der Waals surface area (Å²) in [6.07, 6.45) is -0.820. The van der Waals surface area contributed by atoms with E-state index in [2.05, 4.69) is 0 Å². The molecule has 0 saturated heterocycles. The third-order valence-corrected chi connectivity index (χ3v) is 2.44. The van der Waals surface area contributed by atoms with E-state index in [0.717, 1.165) is 0 Å². The van der Waals surface area contributed by atoms with Crippen molar-refractivity contribution in [2.75, 3.05) is 27.7 Å². The number of aliphatic carboxylic acids is 1. The lowest BCUT2D eigenvalue weighted by Crippen LogP contribution is -2.43. The fourth-order valence-corrected chi connectivity index (χ4v) is 1.74.